The quantitative estimate of drug-likeness (QED) is 0.405. The van der Waals surface area contributed by atoms with Crippen LogP contribution < -0.4 is 0 Å². The first-order valence-electron chi connectivity index (χ1n) is 7.65. The van der Waals surface area contributed by atoms with Crippen molar-refractivity contribution in [3.8, 4) is 0 Å². The van der Waals surface area contributed by atoms with Gasteiger partial charge in [-0.1, -0.05) is 78.9 Å². The van der Waals surface area contributed by atoms with Crippen LogP contribution >= 0.6 is 15.9 Å². The molecule has 118 valence electrons. The fourth-order valence-electron chi connectivity index (χ4n) is 2.31. The van der Waals surface area contributed by atoms with Crippen molar-refractivity contribution in [1.82, 2.24) is 0 Å². The van der Waals surface area contributed by atoms with E-state index in [-0.39, 0.29) is 0 Å². The van der Waals surface area contributed by atoms with E-state index in [0.29, 0.717) is 13.0 Å². The topological polar surface area (TPSA) is 46.5 Å². The molecular weight excluding hydrogens is 332 g/mol. The summed E-state index contributed by atoms with van der Waals surface area (Å²) in [5.41, 5.74) is 0.720. The Bertz CT molecular complexity index is 421. The van der Waals surface area contributed by atoms with E-state index < -0.39 is 16.4 Å². The highest BCUT2D eigenvalue weighted by molar-refractivity contribution is 9.10. The van der Waals surface area contributed by atoms with Crippen molar-refractivity contribution in [2.45, 2.75) is 56.4 Å². The van der Waals surface area contributed by atoms with Gasteiger partial charge in [-0.2, -0.15) is 0 Å². The summed E-state index contributed by atoms with van der Waals surface area (Å²) in [7, 11) is 0. The van der Waals surface area contributed by atoms with Crippen LogP contribution in [0.2, 0.25) is 0 Å². The van der Waals surface area contributed by atoms with E-state index in [1.807, 2.05) is 30.3 Å². The molecule has 0 aliphatic rings. The lowest BCUT2D eigenvalue weighted by Crippen LogP contribution is -2.40. The van der Waals surface area contributed by atoms with Gasteiger partial charge in [0.05, 0.1) is 6.61 Å². The molecule has 0 amide bonds. The molecule has 0 aromatic heterocycles. The van der Waals surface area contributed by atoms with E-state index in [9.17, 15) is 9.90 Å². The molecule has 2 atom stereocenters. The maximum atomic E-state index is 12.3. The Morgan fingerprint density at radius 2 is 1.90 bits per heavy atom. The molecule has 1 aromatic rings. The summed E-state index contributed by atoms with van der Waals surface area (Å²) in [4.78, 5) is 12.3. The van der Waals surface area contributed by atoms with Gasteiger partial charge < -0.3 is 9.84 Å². The van der Waals surface area contributed by atoms with Crippen molar-refractivity contribution in [1.29, 1.82) is 0 Å². The number of halogens is 1. The Morgan fingerprint density at radius 3 is 2.48 bits per heavy atom. The molecule has 0 bridgehead atoms. The lowest BCUT2D eigenvalue weighted by molar-refractivity contribution is -0.149. The van der Waals surface area contributed by atoms with Crippen LogP contribution in [-0.4, -0.2) is 22.0 Å². The molecule has 2 unspecified atom stereocenters. The smallest absolute Gasteiger partial charge is 0.325 e. The minimum Gasteiger partial charge on any atom is -0.465 e. The maximum Gasteiger partial charge on any atom is 0.325 e. The second-order valence-electron chi connectivity index (χ2n) is 5.21. The van der Waals surface area contributed by atoms with Crippen LogP contribution in [0.4, 0.5) is 0 Å². The maximum absolute atomic E-state index is 12.3. The van der Waals surface area contributed by atoms with Gasteiger partial charge >= 0.3 is 5.97 Å². The molecule has 1 rings (SSSR count). The summed E-state index contributed by atoms with van der Waals surface area (Å²) in [5.74, 6) is -0.391. The number of esters is 1. The number of rotatable bonds is 9. The van der Waals surface area contributed by atoms with Gasteiger partial charge in [0.25, 0.3) is 0 Å². The van der Waals surface area contributed by atoms with E-state index in [1.54, 1.807) is 6.92 Å². The highest BCUT2D eigenvalue weighted by Crippen LogP contribution is 2.39. The molecule has 0 heterocycles. The van der Waals surface area contributed by atoms with Crippen LogP contribution in [0.5, 0.6) is 0 Å². The molecule has 0 spiro atoms. The van der Waals surface area contributed by atoms with E-state index >= 15 is 0 Å². The molecule has 4 heteroatoms. The number of hydrogen-bond donors (Lipinski definition) is 1. The number of hydrogen-bond acceptors (Lipinski definition) is 3. The molecule has 0 saturated carbocycles. The van der Waals surface area contributed by atoms with Crippen molar-refractivity contribution < 1.29 is 14.6 Å². The van der Waals surface area contributed by atoms with Gasteiger partial charge in [0.2, 0.25) is 0 Å². The Hall–Kier alpha value is -0.870. The second kappa shape index (κ2) is 9.21. The molecule has 1 aromatic carbocycles. The van der Waals surface area contributed by atoms with Crippen LogP contribution in [-0.2, 0) is 9.53 Å². The third kappa shape index (κ3) is 5.11. The van der Waals surface area contributed by atoms with Crippen molar-refractivity contribution >= 4 is 21.9 Å². The Kier molecular flexibility index (Phi) is 7.97. The summed E-state index contributed by atoms with van der Waals surface area (Å²) in [6.45, 7) is 4.23. The number of ether oxygens (including phenoxy) is 1. The van der Waals surface area contributed by atoms with Gasteiger partial charge in [0.1, 0.15) is 6.10 Å². The molecule has 1 N–H and O–H groups in total. The van der Waals surface area contributed by atoms with Crippen molar-refractivity contribution in [2.75, 3.05) is 6.61 Å². The average molecular weight is 357 g/mol. The van der Waals surface area contributed by atoms with Crippen LogP contribution in [0.15, 0.2) is 30.3 Å². The molecule has 3 nitrogen and oxygen atoms in total. The number of unbranched alkanes of at least 4 members (excludes halogenated alkanes) is 3. The molecule has 0 aliphatic heterocycles. The summed E-state index contributed by atoms with van der Waals surface area (Å²) < 4.78 is 4.09. The fraction of sp³-hybridized carbons (Fsp3) is 0.588. The zero-order valence-electron chi connectivity index (χ0n) is 12.8. The van der Waals surface area contributed by atoms with Gasteiger partial charge in [0, 0.05) is 0 Å². The van der Waals surface area contributed by atoms with Gasteiger partial charge in [-0.15, -0.1) is 0 Å². The van der Waals surface area contributed by atoms with E-state index in [1.165, 1.54) is 0 Å². The third-order valence-electron chi connectivity index (χ3n) is 3.56. The molecule has 0 aliphatic carbocycles. The first-order valence-corrected chi connectivity index (χ1v) is 8.44. The fourth-order valence-corrected chi connectivity index (χ4v) is 2.97. The van der Waals surface area contributed by atoms with Gasteiger partial charge in [-0.05, 0) is 18.9 Å². The SMILES string of the molecule is CCCCCCC(Br)(C(=O)OCC)C(O)c1ccccc1. The van der Waals surface area contributed by atoms with Gasteiger partial charge in [0.15, 0.2) is 4.32 Å². The number of benzene rings is 1. The van der Waals surface area contributed by atoms with Crippen LogP contribution in [0.3, 0.4) is 0 Å². The average Bonchev–Trinajstić information content (AvgIpc) is 2.51. The minimum absolute atomic E-state index is 0.308. The van der Waals surface area contributed by atoms with Crippen LogP contribution in [0, 0.1) is 0 Å². The highest BCUT2D eigenvalue weighted by Gasteiger charge is 2.44. The lowest BCUT2D eigenvalue weighted by atomic mass is 9.90. The lowest BCUT2D eigenvalue weighted by Gasteiger charge is -2.30. The minimum atomic E-state index is -1.07. The number of carbonyl (C=O) groups is 1. The summed E-state index contributed by atoms with van der Waals surface area (Å²) in [6.07, 6.45) is 3.83. The summed E-state index contributed by atoms with van der Waals surface area (Å²) in [5, 5.41) is 10.6. The van der Waals surface area contributed by atoms with Crippen LogP contribution in [0.25, 0.3) is 0 Å². The standard InChI is InChI=1S/C17H25BrO3/c1-3-5-6-10-13-17(18,16(20)21-4-2)15(19)14-11-8-7-9-12-14/h7-9,11-12,15,19H,3-6,10,13H2,1-2H3. The molecule has 0 radical (unpaired) electrons. The Labute approximate surface area is 135 Å². The molecule has 0 fully saturated rings. The summed E-state index contributed by atoms with van der Waals surface area (Å²) >= 11 is 3.48. The number of alkyl halides is 1. The Balaban J connectivity index is 2.87. The highest BCUT2D eigenvalue weighted by atomic mass is 79.9. The number of aliphatic hydroxyl groups is 1. The number of carbonyl (C=O) groups excluding carboxylic acids is 1. The first kappa shape index (κ1) is 18.2. The van der Waals surface area contributed by atoms with Gasteiger partial charge in [-0.3, -0.25) is 4.79 Å². The van der Waals surface area contributed by atoms with E-state index in [2.05, 4.69) is 22.9 Å². The predicted molar refractivity (Wildman–Crippen MR) is 88.5 cm³/mol. The third-order valence-corrected chi connectivity index (χ3v) is 4.71. The zero-order chi connectivity index (χ0) is 15.7. The van der Waals surface area contributed by atoms with Crippen LogP contribution in [0.1, 0.15) is 57.6 Å². The molecule has 0 saturated heterocycles. The predicted octanol–water partition coefficient (Wildman–Crippen LogP) is 4.39. The second-order valence-corrected chi connectivity index (χ2v) is 6.62. The summed E-state index contributed by atoms with van der Waals surface area (Å²) in [6, 6.07) is 9.25. The zero-order valence-corrected chi connectivity index (χ0v) is 14.4. The monoisotopic (exact) mass is 356 g/mol. The molecule has 21 heavy (non-hydrogen) atoms. The normalized spacial score (nSPS) is 15.2. The molecular formula is C17H25BrO3. The van der Waals surface area contributed by atoms with Crippen molar-refractivity contribution in [3.63, 3.8) is 0 Å². The van der Waals surface area contributed by atoms with E-state index in [0.717, 1.165) is 31.2 Å². The van der Waals surface area contributed by atoms with Crippen molar-refractivity contribution in [2.24, 2.45) is 0 Å². The largest absolute Gasteiger partial charge is 0.465 e. The van der Waals surface area contributed by atoms with E-state index in [4.69, 9.17) is 4.74 Å². The first-order chi connectivity index (χ1) is 10.1. The Morgan fingerprint density at radius 1 is 1.24 bits per heavy atom. The number of aliphatic hydroxyl groups excluding tert-OH is 1. The van der Waals surface area contributed by atoms with Crippen molar-refractivity contribution in [3.05, 3.63) is 35.9 Å². The van der Waals surface area contributed by atoms with Gasteiger partial charge in [-0.25, -0.2) is 0 Å².